The largest absolute Gasteiger partial charge is 0.481 e. The molecule has 9 nitrogen and oxygen atoms in total. The van der Waals surface area contributed by atoms with Crippen LogP contribution in [0.15, 0.2) is 0 Å². The average Bonchev–Trinajstić information content (AvgIpc) is 2.37. The minimum atomic E-state index is -2.30. The summed E-state index contributed by atoms with van der Waals surface area (Å²) < 4.78 is 17.8. The molecule has 0 rings (SSSR count). The van der Waals surface area contributed by atoms with Crippen molar-refractivity contribution in [3.63, 3.8) is 0 Å². The van der Waals surface area contributed by atoms with E-state index in [2.05, 4.69) is 19.6 Å². The maximum Gasteiger partial charge on any atom is 0.337 e. The Hall–Kier alpha value is -1.06. The van der Waals surface area contributed by atoms with E-state index in [4.69, 9.17) is 23.2 Å². The molecule has 0 unspecified atom stereocenters. The highest BCUT2D eigenvalue weighted by Gasteiger charge is 2.44. The molecule has 12 heteroatoms. The van der Waals surface area contributed by atoms with Gasteiger partial charge in [-0.15, -0.1) is 0 Å². The van der Waals surface area contributed by atoms with Crippen molar-refractivity contribution >= 4 is 43.1 Å². The SMILES string of the molecule is C[Si](C)(C)O[Si](C)(C)O[Si](C)(C)CCCOC(CC(=O)O)(CC(=O)O)C(=O)O. The van der Waals surface area contributed by atoms with E-state index in [0.717, 1.165) is 0 Å². The zero-order valence-electron chi connectivity index (χ0n) is 17.8. The number of hydrogen-bond donors (Lipinski definition) is 3. The number of rotatable bonds is 14. The predicted molar refractivity (Wildman–Crippen MR) is 111 cm³/mol. The fourth-order valence-corrected chi connectivity index (χ4v) is 16.3. The Morgan fingerprint density at radius 1 is 0.821 bits per heavy atom. The van der Waals surface area contributed by atoms with Gasteiger partial charge in [0.15, 0.2) is 22.2 Å². The Labute approximate surface area is 169 Å². The van der Waals surface area contributed by atoms with Gasteiger partial charge in [-0.1, -0.05) is 0 Å². The summed E-state index contributed by atoms with van der Waals surface area (Å²) in [6.07, 6.45) is -1.41. The predicted octanol–water partition coefficient (Wildman–Crippen LogP) is 2.94. The standard InChI is InChI=1S/C16H34O9Si3/c1-26(2,3)24-28(6,7)25-27(4,5)10-8-9-23-16(15(21)22,11-13(17)18)12-14(19)20/h8-12H2,1-7H3,(H,17,18)(H,19,20)(H,21,22). The molecule has 0 aliphatic carbocycles. The second-order valence-electron chi connectivity index (χ2n) is 8.87. The smallest absolute Gasteiger partial charge is 0.337 e. The Morgan fingerprint density at radius 2 is 1.29 bits per heavy atom. The molecule has 0 saturated heterocycles. The van der Waals surface area contributed by atoms with E-state index in [-0.39, 0.29) is 6.61 Å². The first-order chi connectivity index (χ1) is 12.4. The van der Waals surface area contributed by atoms with E-state index in [9.17, 15) is 19.5 Å². The van der Waals surface area contributed by atoms with Crippen LogP contribution in [0.4, 0.5) is 0 Å². The lowest BCUT2D eigenvalue weighted by Gasteiger charge is -2.37. The van der Waals surface area contributed by atoms with Crippen molar-refractivity contribution in [3.05, 3.63) is 0 Å². The number of ether oxygens (including phenoxy) is 1. The van der Waals surface area contributed by atoms with Gasteiger partial charge in [0.05, 0.1) is 12.8 Å². The molecule has 0 aliphatic rings. The molecule has 0 radical (unpaired) electrons. The van der Waals surface area contributed by atoms with Crippen LogP contribution in [-0.4, -0.2) is 70.6 Å². The number of carbonyl (C=O) groups is 3. The number of hydrogen-bond acceptors (Lipinski definition) is 6. The van der Waals surface area contributed by atoms with E-state index in [1.165, 1.54) is 0 Å². The van der Waals surface area contributed by atoms with Crippen molar-refractivity contribution in [3.8, 4) is 0 Å². The fourth-order valence-electron chi connectivity index (χ4n) is 3.11. The number of carboxylic acids is 3. The lowest BCUT2D eigenvalue weighted by Crippen LogP contribution is -2.51. The Balaban J connectivity index is 4.91. The molecule has 0 atom stereocenters. The van der Waals surface area contributed by atoms with E-state index in [1.54, 1.807) is 0 Å². The van der Waals surface area contributed by atoms with Crippen molar-refractivity contribution in [2.75, 3.05) is 6.61 Å². The highest BCUT2D eigenvalue weighted by molar-refractivity contribution is 6.87. The normalized spacial score (nSPS) is 13.4. The second-order valence-corrected chi connectivity index (χ2v) is 21.5. The minimum Gasteiger partial charge on any atom is -0.481 e. The van der Waals surface area contributed by atoms with Gasteiger partial charge in [0.2, 0.25) is 0 Å². The molecule has 3 N–H and O–H groups in total. The molecular formula is C16H34O9Si3. The Morgan fingerprint density at radius 3 is 1.64 bits per heavy atom. The van der Waals surface area contributed by atoms with Gasteiger partial charge >= 0.3 is 26.5 Å². The van der Waals surface area contributed by atoms with Gasteiger partial charge < -0.3 is 28.3 Å². The summed E-state index contributed by atoms with van der Waals surface area (Å²) in [5.74, 6) is -4.46. The molecule has 0 aromatic heterocycles. The Kier molecular flexibility index (Phi) is 9.73. The van der Waals surface area contributed by atoms with Crippen LogP contribution >= 0.6 is 0 Å². The molecule has 28 heavy (non-hydrogen) atoms. The molecule has 0 aromatic rings. The van der Waals surface area contributed by atoms with Crippen LogP contribution in [0.5, 0.6) is 0 Å². The lowest BCUT2D eigenvalue weighted by atomic mass is 9.95. The van der Waals surface area contributed by atoms with Gasteiger partial charge in [-0.25, -0.2) is 4.79 Å². The van der Waals surface area contributed by atoms with Gasteiger partial charge in [0.1, 0.15) is 0 Å². The van der Waals surface area contributed by atoms with Crippen molar-refractivity contribution < 1.29 is 42.7 Å². The van der Waals surface area contributed by atoms with Crippen molar-refractivity contribution in [2.24, 2.45) is 0 Å². The second kappa shape index (κ2) is 10.1. The summed E-state index contributed by atoms with van der Waals surface area (Å²) in [5.41, 5.74) is -2.28. The molecule has 0 heterocycles. The van der Waals surface area contributed by atoms with Gasteiger partial charge in [0.25, 0.3) is 0 Å². The third-order valence-corrected chi connectivity index (χ3v) is 13.8. The Bertz CT molecular complexity index is 554. The van der Waals surface area contributed by atoms with Crippen LogP contribution in [-0.2, 0) is 27.4 Å². The minimum absolute atomic E-state index is 0.0660. The van der Waals surface area contributed by atoms with Crippen LogP contribution in [0.3, 0.4) is 0 Å². The molecule has 0 bridgehead atoms. The molecular weight excluding hydrogens is 420 g/mol. The van der Waals surface area contributed by atoms with Crippen molar-refractivity contribution in [2.45, 2.75) is 76.7 Å². The number of carboxylic acid groups (broad SMARTS) is 3. The topological polar surface area (TPSA) is 140 Å². The first-order valence-corrected chi connectivity index (χ1v) is 18.5. The molecule has 0 fully saturated rings. The lowest BCUT2D eigenvalue weighted by molar-refractivity contribution is -0.178. The van der Waals surface area contributed by atoms with Gasteiger partial charge in [-0.05, 0) is 58.3 Å². The highest BCUT2D eigenvalue weighted by atomic mass is 28.5. The van der Waals surface area contributed by atoms with E-state index in [0.29, 0.717) is 12.5 Å². The van der Waals surface area contributed by atoms with E-state index < -0.39 is 61.5 Å². The monoisotopic (exact) mass is 454 g/mol. The molecule has 0 amide bonds. The summed E-state index contributed by atoms with van der Waals surface area (Å²) in [5, 5.41) is 27.3. The molecule has 164 valence electrons. The first-order valence-electron chi connectivity index (χ1n) is 9.11. The van der Waals surface area contributed by atoms with Crippen LogP contribution < -0.4 is 0 Å². The summed E-state index contributed by atoms with van der Waals surface area (Å²) in [6.45, 7) is 14.3. The summed E-state index contributed by atoms with van der Waals surface area (Å²) >= 11 is 0. The summed E-state index contributed by atoms with van der Waals surface area (Å²) in [6, 6.07) is 0.647. The molecule has 0 aliphatic heterocycles. The average molecular weight is 455 g/mol. The van der Waals surface area contributed by atoms with Gasteiger partial charge in [-0.2, -0.15) is 0 Å². The summed E-state index contributed by atoms with van der Waals surface area (Å²) in [4.78, 5) is 33.5. The third-order valence-electron chi connectivity index (χ3n) is 3.64. The molecule has 0 saturated carbocycles. The summed E-state index contributed by atoms with van der Waals surface area (Å²) in [7, 11) is -6.17. The van der Waals surface area contributed by atoms with Gasteiger partial charge in [0, 0.05) is 6.61 Å². The van der Waals surface area contributed by atoms with E-state index >= 15 is 0 Å². The maximum absolute atomic E-state index is 11.5. The maximum atomic E-state index is 11.5. The quantitative estimate of drug-likeness (QED) is 0.267. The number of aliphatic carboxylic acids is 3. The van der Waals surface area contributed by atoms with Crippen LogP contribution in [0.25, 0.3) is 0 Å². The van der Waals surface area contributed by atoms with Crippen LogP contribution in [0.1, 0.15) is 19.3 Å². The molecule has 0 spiro atoms. The van der Waals surface area contributed by atoms with Crippen molar-refractivity contribution in [1.82, 2.24) is 0 Å². The van der Waals surface area contributed by atoms with Crippen LogP contribution in [0.2, 0.25) is 51.9 Å². The van der Waals surface area contributed by atoms with Crippen LogP contribution in [0, 0.1) is 0 Å². The highest BCUT2D eigenvalue weighted by Crippen LogP contribution is 2.26. The zero-order chi connectivity index (χ0) is 22.4. The molecule has 0 aromatic carbocycles. The zero-order valence-corrected chi connectivity index (χ0v) is 20.8. The third kappa shape index (κ3) is 11.1. The first kappa shape index (κ1) is 26.9. The van der Waals surface area contributed by atoms with E-state index in [1.807, 2.05) is 26.2 Å². The van der Waals surface area contributed by atoms with Crippen molar-refractivity contribution in [1.29, 1.82) is 0 Å². The van der Waals surface area contributed by atoms with Gasteiger partial charge in [-0.3, -0.25) is 9.59 Å². The fraction of sp³-hybridized carbons (Fsp3) is 0.812.